The van der Waals surface area contributed by atoms with Crippen molar-refractivity contribution in [2.75, 3.05) is 18.2 Å². The van der Waals surface area contributed by atoms with E-state index in [1.807, 2.05) is 18.2 Å². The molecule has 0 atom stereocenters. The number of benzene rings is 1. The van der Waals surface area contributed by atoms with Crippen LogP contribution in [0.25, 0.3) is 11.6 Å². The van der Waals surface area contributed by atoms with E-state index in [2.05, 4.69) is 10.2 Å². The first-order chi connectivity index (χ1) is 10.8. The average Bonchev–Trinajstić information content (AvgIpc) is 3.15. The SMILES string of the molecule is Nn1c(SCCOc2ccccc2Cl)nnc1-c1ccco1. The van der Waals surface area contributed by atoms with Crippen LogP contribution in [0.3, 0.4) is 0 Å². The molecular formula is C14H13ClN4O2S. The van der Waals surface area contributed by atoms with Gasteiger partial charge in [-0.05, 0) is 24.3 Å². The van der Waals surface area contributed by atoms with Crippen molar-refractivity contribution in [2.24, 2.45) is 0 Å². The molecule has 3 rings (SSSR count). The van der Waals surface area contributed by atoms with E-state index in [0.717, 1.165) is 0 Å². The van der Waals surface area contributed by atoms with Crippen LogP contribution in [0.1, 0.15) is 0 Å². The summed E-state index contributed by atoms with van der Waals surface area (Å²) in [6.07, 6.45) is 1.56. The summed E-state index contributed by atoms with van der Waals surface area (Å²) in [5.74, 6) is 8.35. The minimum Gasteiger partial charge on any atom is -0.491 e. The predicted octanol–water partition coefficient (Wildman–Crippen LogP) is 3.08. The summed E-state index contributed by atoms with van der Waals surface area (Å²) in [5.41, 5.74) is 0. The lowest BCUT2D eigenvalue weighted by Gasteiger charge is -2.07. The van der Waals surface area contributed by atoms with E-state index in [1.165, 1.54) is 16.4 Å². The molecule has 0 aliphatic heterocycles. The molecule has 2 heterocycles. The Labute approximate surface area is 136 Å². The van der Waals surface area contributed by atoms with E-state index in [0.29, 0.717) is 39.9 Å². The van der Waals surface area contributed by atoms with Gasteiger partial charge in [0.25, 0.3) is 0 Å². The number of halogens is 1. The molecule has 2 N–H and O–H groups in total. The van der Waals surface area contributed by atoms with Crippen LogP contribution in [-0.2, 0) is 0 Å². The number of para-hydroxylation sites is 1. The Kier molecular flexibility index (Phi) is 4.55. The number of thioether (sulfide) groups is 1. The van der Waals surface area contributed by atoms with Gasteiger partial charge in [0.05, 0.1) is 17.9 Å². The Bertz CT molecular complexity index is 745. The maximum Gasteiger partial charge on any atom is 0.218 e. The zero-order valence-corrected chi connectivity index (χ0v) is 13.0. The fourth-order valence-electron chi connectivity index (χ4n) is 1.80. The van der Waals surface area contributed by atoms with E-state index >= 15 is 0 Å². The largest absolute Gasteiger partial charge is 0.491 e. The molecule has 8 heteroatoms. The Morgan fingerprint density at radius 1 is 1.23 bits per heavy atom. The van der Waals surface area contributed by atoms with E-state index in [1.54, 1.807) is 24.5 Å². The van der Waals surface area contributed by atoms with E-state index in [4.69, 9.17) is 26.6 Å². The molecule has 0 fully saturated rings. The second-order valence-corrected chi connectivity index (χ2v) is 5.75. The number of nitrogen functional groups attached to an aromatic ring is 1. The second-order valence-electron chi connectivity index (χ2n) is 4.28. The topological polar surface area (TPSA) is 79.1 Å². The summed E-state index contributed by atoms with van der Waals surface area (Å²) >= 11 is 7.46. The van der Waals surface area contributed by atoms with Gasteiger partial charge in [0.15, 0.2) is 5.76 Å². The fraction of sp³-hybridized carbons (Fsp3) is 0.143. The predicted molar refractivity (Wildman–Crippen MR) is 85.5 cm³/mol. The summed E-state index contributed by atoms with van der Waals surface area (Å²) in [5, 5.41) is 9.25. The summed E-state index contributed by atoms with van der Waals surface area (Å²) < 4.78 is 12.3. The quantitative estimate of drug-likeness (QED) is 0.423. The highest BCUT2D eigenvalue weighted by molar-refractivity contribution is 7.99. The van der Waals surface area contributed by atoms with Crippen molar-refractivity contribution in [2.45, 2.75) is 5.16 Å². The van der Waals surface area contributed by atoms with Crippen molar-refractivity contribution in [3.8, 4) is 17.3 Å². The Morgan fingerprint density at radius 3 is 2.86 bits per heavy atom. The van der Waals surface area contributed by atoms with Gasteiger partial charge in [-0.15, -0.1) is 10.2 Å². The van der Waals surface area contributed by atoms with E-state index in [-0.39, 0.29) is 0 Å². The van der Waals surface area contributed by atoms with Crippen molar-refractivity contribution in [1.29, 1.82) is 0 Å². The summed E-state index contributed by atoms with van der Waals surface area (Å²) in [7, 11) is 0. The third-order valence-corrected chi connectivity index (χ3v) is 4.03. The number of nitrogens with two attached hydrogens (primary N) is 1. The summed E-state index contributed by atoms with van der Waals surface area (Å²) in [6, 6.07) is 10.9. The van der Waals surface area contributed by atoms with Crippen LogP contribution in [0.2, 0.25) is 5.02 Å². The lowest BCUT2D eigenvalue weighted by atomic mass is 10.3. The first kappa shape index (κ1) is 14.8. The van der Waals surface area contributed by atoms with Gasteiger partial charge in [-0.3, -0.25) is 0 Å². The van der Waals surface area contributed by atoms with Gasteiger partial charge < -0.3 is 15.0 Å². The molecule has 3 aromatic rings. The highest BCUT2D eigenvalue weighted by Gasteiger charge is 2.14. The summed E-state index contributed by atoms with van der Waals surface area (Å²) in [6.45, 7) is 0.483. The van der Waals surface area contributed by atoms with Crippen LogP contribution >= 0.6 is 23.4 Å². The second kappa shape index (κ2) is 6.76. The molecule has 0 unspecified atom stereocenters. The van der Waals surface area contributed by atoms with Crippen molar-refractivity contribution < 1.29 is 9.15 Å². The first-order valence-electron chi connectivity index (χ1n) is 6.50. The average molecular weight is 337 g/mol. The first-order valence-corrected chi connectivity index (χ1v) is 7.86. The maximum atomic E-state index is 6.02. The van der Waals surface area contributed by atoms with Crippen LogP contribution in [0.15, 0.2) is 52.2 Å². The van der Waals surface area contributed by atoms with Crippen molar-refractivity contribution in [3.05, 3.63) is 47.7 Å². The van der Waals surface area contributed by atoms with Crippen LogP contribution in [0, 0.1) is 0 Å². The molecule has 114 valence electrons. The number of nitrogens with zero attached hydrogens (tertiary/aromatic N) is 3. The number of ether oxygens (including phenoxy) is 1. The lowest BCUT2D eigenvalue weighted by Crippen LogP contribution is -2.12. The normalized spacial score (nSPS) is 10.8. The van der Waals surface area contributed by atoms with Crippen molar-refractivity contribution in [3.63, 3.8) is 0 Å². The fourth-order valence-corrected chi connectivity index (χ4v) is 2.66. The molecule has 0 saturated carbocycles. The van der Waals surface area contributed by atoms with Gasteiger partial charge in [0.2, 0.25) is 11.0 Å². The molecule has 0 aliphatic carbocycles. The van der Waals surface area contributed by atoms with Crippen LogP contribution in [-0.4, -0.2) is 27.2 Å². The monoisotopic (exact) mass is 336 g/mol. The number of furan rings is 1. The van der Waals surface area contributed by atoms with Crippen LogP contribution < -0.4 is 10.6 Å². The number of hydrogen-bond donors (Lipinski definition) is 1. The third kappa shape index (κ3) is 3.20. The molecule has 0 aliphatic rings. The van der Waals surface area contributed by atoms with Gasteiger partial charge in [0, 0.05) is 5.75 Å². The van der Waals surface area contributed by atoms with Gasteiger partial charge >= 0.3 is 0 Å². The molecular weight excluding hydrogens is 324 g/mol. The molecule has 0 radical (unpaired) electrons. The third-order valence-electron chi connectivity index (χ3n) is 2.81. The molecule has 6 nitrogen and oxygen atoms in total. The van der Waals surface area contributed by atoms with Crippen molar-refractivity contribution >= 4 is 23.4 Å². The zero-order valence-electron chi connectivity index (χ0n) is 11.5. The molecule has 0 amide bonds. The van der Waals surface area contributed by atoms with Crippen molar-refractivity contribution in [1.82, 2.24) is 14.9 Å². The van der Waals surface area contributed by atoms with Gasteiger partial charge in [-0.2, -0.15) is 0 Å². The number of aromatic nitrogens is 3. The summed E-state index contributed by atoms with van der Waals surface area (Å²) in [4.78, 5) is 0. The molecule has 0 bridgehead atoms. The highest BCUT2D eigenvalue weighted by Crippen LogP contribution is 2.24. The number of rotatable bonds is 6. The van der Waals surface area contributed by atoms with Gasteiger partial charge in [-0.25, -0.2) is 4.68 Å². The van der Waals surface area contributed by atoms with Gasteiger partial charge in [0.1, 0.15) is 5.75 Å². The van der Waals surface area contributed by atoms with Crippen LogP contribution in [0.4, 0.5) is 0 Å². The Morgan fingerprint density at radius 2 is 2.09 bits per heavy atom. The van der Waals surface area contributed by atoms with Crippen LogP contribution in [0.5, 0.6) is 5.75 Å². The Balaban J connectivity index is 1.55. The van der Waals surface area contributed by atoms with E-state index in [9.17, 15) is 0 Å². The van der Waals surface area contributed by atoms with E-state index < -0.39 is 0 Å². The lowest BCUT2D eigenvalue weighted by molar-refractivity contribution is 0.344. The Hall–Kier alpha value is -2.12. The minimum atomic E-state index is 0.483. The molecule has 2 aromatic heterocycles. The zero-order chi connectivity index (χ0) is 15.4. The van der Waals surface area contributed by atoms with Gasteiger partial charge in [-0.1, -0.05) is 35.5 Å². The standard InChI is InChI=1S/C14H13ClN4O2S/c15-10-4-1-2-5-11(10)21-8-9-22-14-18-17-13(19(14)16)12-6-3-7-20-12/h1-7H,8-9,16H2. The molecule has 1 aromatic carbocycles. The molecule has 22 heavy (non-hydrogen) atoms. The molecule has 0 saturated heterocycles. The maximum absolute atomic E-state index is 6.02. The smallest absolute Gasteiger partial charge is 0.218 e. The highest BCUT2D eigenvalue weighted by atomic mass is 35.5. The minimum absolute atomic E-state index is 0.483. The number of hydrogen-bond acceptors (Lipinski definition) is 6. The molecule has 0 spiro atoms.